The number of nitrogens with zero attached hydrogens (tertiary/aromatic N) is 2. The highest BCUT2D eigenvalue weighted by atomic mass is 19.4. The van der Waals surface area contributed by atoms with Crippen LogP contribution in [-0.2, 0) is 11.3 Å². The fraction of sp³-hybridized carbons (Fsp3) is 0.438. The topological polar surface area (TPSA) is 86.3 Å². The summed E-state index contributed by atoms with van der Waals surface area (Å²) in [6.45, 7) is 2.07. The number of benzene rings is 1. The Bertz CT molecular complexity index is 830. The second-order valence-electron chi connectivity index (χ2n) is 5.89. The molecule has 1 amide bonds. The smallest absolute Gasteiger partial charge is 0.380 e. The van der Waals surface area contributed by atoms with Gasteiger partial charge in [0.05, 0.1) is 23.9 Å². The van der Waals surface area contributed by atoms with Gasteiger partial charge in [0.15, 0.2) is 5.60 Å². The first-order chi connectivity index (χ1) is 11.5. The summed E-state index contributed by atoms with van der Waals surface area (Å²) in [5.41, 5.74) is -3.10. The Morgan fingerprint density at radius 3 is 2.56 bits per heavy atom. The number of carbonyl (C=O) groups is 1. The van der Waals surface area contributed by atoms with Gasteiger partial charge in [0.2, 0.25) is 5.91 Å². The van der Waals surface area contributed by atoms with E-state index in [0.717, 1.165) is 4.90 Å². The number of carbonyl (C=O) groups excluding carboxylic acids is 1. The van der Waals surface area contributed by atoms with Gasteiger partial charge in [0.1, 0.15) is 5.82 Å². The lowest BCUT2D eigenvalue weighted by molar-refractivity contribution is -0.254. The Morgan fingerprint density at radius 1 is 1.32 bits per heavy atom. The molecule has 0 spiro atoms. The average molecular weight is 357 g/mol. The number of rotatable bonds is 5. The van der Waals surface area contributed by atoms with Crippen LogP contribution >= 0.6 is 0 Å². The Kier molecular flexibility index (Phi) is 5.17. The third kappa shape index (κ3) is 4.16. The molecule has 1 aromatic carbocycles. The molecular weight excluding hydrogens is 339 g/mol. The molecule has 0 aliphatic carbocycles. The van der Waals surface area contributed by atoms with Crippen LogP contribution in [0.4, 0.5) is 13.2 Å². The second kappa shape index (κ2) is 6.83. The third-order valence-corrected chi connectivity index (χ3v) is 3.84. The summed E-state index contributed by atoms with van der Waals surface area (Å²) in [4.78, 5) is 32.0. The number of halogens is 3. The van der Waals surface area contributed by atoms with Crippen molar-refractivity contribution in [1.29, 1.82) is 0 Å². The van der Waals surface area contributed by atoms with Crippen LogP contribution in [0.5, 0.6) is 0 Å². The summed E-state index contributed by atoms with van der Waals surface area (Å²) >= 11 is 0. The zero-order chi connectivity index (χ0) is 18.8. The summed E-state index contributed by atoms with van der Waals surface area (Å²) in [7, 11) is 0. The minimum absolute atomic E-state index is 0.101. The summed E-state index contributed by atoms with van der Waals surface area (Å²) in [5.74, 6) is -0.730. The van der Waals surface area contributed by atoms with E-state index < -0.39 is 29.7 Å². The quantitative estimate of drug-likeness (QED) is 0.857. The van der Waals surface area contributed by atoms with Crippen LogP contribution in [0.15, 0.2) is 29.1 Å². The Hall–Kier alpha value is -2.42. The first kappa shape index (κ1) is 18.9. The largest absolute Gasteiger partial charge is 0.417 e. The zero-order valence-electron chi connectivity index (χ0n) is 13.7. The molecule has 1 heterocycles. The predicted octanol–water partition coefficient (Wildman–Crippen LogP) is 1.98. The highest BCUT2D eigenvalue weighted by Gasteiger charge is 2.51. The van der Waals surface area contributed by atoms with E-state index in [-0.39, 0.29) is 18.9 Å². The van der Waals surface area contributed by atoms with Crippen LogP contribution < -0.4 is 5.56 Å². The molecule has 0 aliphatic heterocycles. The first-order valence-corrected chi connectivity index (χ1v) is 7.60. The van der Waals surface area contributed by atoms with Crippen molar-refractivity contribution in [2.45, 2.75) is 38.6 Å². The highest BCUT2D eigenvalue weighted by Crippen LogP contribution is 2.33. The van der Waals surface area contributed by atoms with Gasteiger partial charge in [-0.3, -0.25) is 9.59 Å². The minimum atomic E-state index is -4.92. The molecule has 0 saturated carbocycles. The maximum atomic E-state index is 12.7. The van der Waals surface area contributed by atoms with E-state index in [1.54, 1.807) is 31.2 Å². The number of aromatic amines is 1. The molecule has 0 fully saturated rings. The van der Waals surface area contributed by atoms with Gasteiger partial charge in [-0.15, -0.1) is 0 Å². The van der Waals surface area contributed by atoms with Crippen LogP contribution in [0.25, 0.3) is 10.9 Å². The molecule has 0 saturated heterocycles. The maximum Gasteiger partial charge on any atom is 0.417 e. The molecule has 9 heteroatoms. The normalized spacial score (nSPS) is 14.3. The predicted molar refractivity (Wildman–Crippen MR) is 84.8 cm³/mol. The van der Waals surface area contributed by atoms with Gasteiger partial charge < -0.3 is 15.0 Å². The van der Waals surface area contributed by atoms with Crippen molar-refractivity contribution in [3.05, 3.63) is 40.4 Å². The molecule has 1 atom stereocenters. The Labute approximate surface area is 141 Å². The molecule has 0 bridgehead atoms. The van der Waals surface area contributed by atoms with Crippen molar-refractivity contribution in [3.63, 3.8) is 0 Å². The lowest BCUT2D eigenvalue weighted by Crippen LogP contribution is -2.47. The van der Waals surface area contributed by atoms with Gasteiger partial charge in [-0.05, 0) is 26.0 Å². The SMILES string of the molecule is CCN(Cc1nc2ccccc2c(=O)[nH]1)C(=O)C[C@](C)(O)C(F)(F)F. The van der Waals surface area contributed by atoms with Crippen molar-refractivity contribution < 1.29 is 23.1 Å². The molecule has 1 aromatic heterocycles. The lowest BCUT2D eigenvalue weighted by atomic mass is 10.0. The summed E-state index contributed by atoms with van der Waals surface area (Å²) < 4.78 is 38.2. The monoisotopic (exact) mass is 357 g/mol. The van der Waals surface area contributed by atoms with Crippen LogP contribution in [0.3, 0.4) is 0 Å². The number of alkyl halides is 3. The maximum absolute atomic E-state index is 12.7. The van der Waals surface area contributed by atoms with Crippen molar-refractivity contribution in [2.24, 2.45) is 0 Å². The van der Waals surface area contributed by atoms with Gasteiger partial charge in [0.25, 0.3) is 5.56 Å². The van der Waals surface area contributed by atoms with E-state index in [0.29, 0.717) is 17.8 Å². The summed E-state index contributed by atoms with van der Waals surface area (Å²) in [6, 6.07) is 6.59. The molecule has 2 rings (SSSR count). The minimum Gasteiger partial charge on any atom is -0.380 e. The van der Waals surface area contributed by atoms with E-state index in [9.17, 15) is 27.9 Å². The van der Waals surface area contributed by atoms with Crippen molar-refractivity contribution in [1.82, 2.24) is 14.9 Å². The van der Waals surface area contributed by atoms with E-state index in [1.807, 2.05) is 0 Å². The van der Waals surface area contributed by atoms with Crippen molar-refractivity contribution in [2.75, 3.05) is 6.54 Å². The van der Waals surface area contributed by atoms with E-state index in [4.69, 9.17) is 0 Å². The molecule has 2 aromatic rings. The first-order valence-electron chi connectivity index (χ1n) is 7.60. The molecule has 136 valence electrons. The van der Waals surface area contributed by atoms with Gasteiger partial charge >= 0.3 is 6.18 Å². The van der Waals surface area contributed by atoms with Crippen LogP contribution in [0, 0.1) is 0 Å². The number of nitrogens with one attached hydrogen (secondary N) is 1. The number of hydrogen-bond donors (Lipinski definition) is 2. The van der Waals surface area contributed by atoms with E-state index in [1.165, 1.54) is 0 Å². The van der Waals surface area contributed by atoms with Gasteiger partial charge in [-0.2, -0.15) is 13.2 Å². The van der Waals surface area contributed by atoms with Crippen molar-refractivity contribution >= 4 is 16.8 Å². The van der Waals surface area contributed by atoms with Gasteiger partial charge in [-0.25, -0.2) is 4.98 Å². The van der Waals surface area contributed by atoms with Crippen LogP contribution in [-0.4, -0.2) is 44.2 Å². The highest BCUT2D eigenvalue weighted by molar-refractivity contribution is 5.78. The Balaban J connectivity index is 2.22. The number of aromatic nitrogens is 2. The number of amides is 1. The fourth-order valence-corrected chi connectivity index (χ4v) is 2.27. The van der Waals surface area contributed by atoms with Gasteiger partial charge in [0, 0.05) is 6.54 Å². The number of H-pyrrole nitrogens is 1. The number of para-hydroxylation sites is 1. The summed E-state index contributed by atoms with van der Waals surface area (Å²) in [5, 5.41) is 9.85. The Morgan fingerprint density at radius 2 is 1.96 bits per heavy atom. The molecule has 25 heavy (non-hydrogen) atoms. The number of aliphatic hydroxyl groups is 1. The average Bonchev–Trinajstić information content (AvgIpc) is 2.51. The van der Waals surface area contributed by atoms with E-state index in [2.05, 4.69) is 9.97 Å². The second-order valence-corrected chi connectivity index (χ2v) is 5.89. The molecule has 0 unspecified atom stereocenters. The van der Waals surface area contributed by atoms with Crippen LogP contribution in [0.2, 0.25) is 0 Å². The van der Waals surface area contributed by atoms with Crippen LogP contribution in [0.1, 0.15) is 26.1 Å². The number of hydrogen-bond acceptors (Lipinski definition) is 4. The molecule has 0 aliphatic rings. The zero-order valence-corrected chi connectivity index (χ0v) is 13.7. The molecule has 6 nitrogen and oxygen atoms in total. The standard InChI is InChI=1S/C16H18F3N3O3/c1-3-22(13(23)8-15(2,25)16(17,18)19)9-12-20-11-7-5-4-6-10(11)14(24)21-12/h4-7,25H,3,8-9H2,1-2H3,(H,20,21,24)/t15-/m0/s1. The fourth-order valence-electron chi connectivity index (χ4n) is 2.27. The summed E-state index contributed by atoms with van der Waals surface area (Å²) in [6.07, 6.45) is -6.03. The van der Waals surface area contributed by atoms with E-state index >= 15 is 0 Å². The van der Waals surface area contributed by atoms with Gasteiger partial charge in [-0.1, -0.05) is 12.1 Å². The van der Waals surface area contributed by atoms with Crippen molar-refractivity contribution in [3.8, 4) is 0 Å². The number of fused-ring (bicyclic) bond motifs is 1. The third-order valence-electron chi connectivity index (χ3n) is 3.84. The lowest BCUT2D eigenvalue weighted by Gasteiger charge is -2.29. The molecule has 0 radical (unpaired) electrons. The molecule has 2 N–H and O–H groups in total. The molecular formula is C16H18F3N3O3.